The molecule has 0 aliphatic rings. The van der Waals surface area contributed by atoms with Crippen LogP contribution in [0.5, 0.6) is 0 Å². The average Bonchev–Trinajstić information content (AvgIpc) is 3.17. The lowest BCUT2D eigenvalue weighted by Gasteiger charge is -2.22. The van der Waals surface area contributed by atoms with E-state index in [9.17, 15) is 19.8 Å². The molecule has 0 saturated heterocycles. The van der Waals surface area contributed by atoms with Gasteiger partial charge in [0.2, 0.25) is 5.91 Å². The smallest absolute Gasteiger partial charge is 0.305 e. The van der Waals surface area contributed by atoms with Crippen molar-refractivity contribution in [3.8, 4) is 0 Å². The molecule has 0 aromatic heterocycles. The first-order valence-electron chi connectivity index (χ1n) is 23.9. The number of aliphatic hydroxyl groups excluding tert-OH is 2. The van der Waals surface area contributed by atoms with Gasteiger partial charge < -0.3 is 20.3 Å². The van der Waals surface area contributed by atoms with Gasteiger partial charge in [0.25, 0.3) is 0 Å². The SMILES string of the molecule is CCCCCCCCCCCCCCCCCCC(=O)OCCCCCC/C=C\CCCC(=O)NC(CO)C(O)CCCCCCCCCCCCCC. The summed E-state index contributed by atoms with van der Waals surface area (Å²) in [4.78, 5) is 24.4. The van der Waals surface area contributed by atoms with Gasteiger partial charge in [0.05, 0.1) is 25.4 Å². The number of ether oxygens (including phenoxy) is 1. The van der Waals surface area contributed by atoms with Crippen LogP contribution in [0, 0.1) is 0 Å². The maximum Gasteiger partial charge on any atom is 0.305 e. The van der Waals surface area contributed by atoms with Gasteiger partial charge in [-0.15, -0.1) is 0 Å². The highest BCUT2D eigenvalue weighted by atomic mass is 16.5. The van der Waals surface area contributed by atoms with E-state index in [0.717, 1.165) is 70.6 Å². The van der Waals surface area contributed by atoms with Crippen molar-refractivity contribution in [2.75, 3.05) is 13.2 Å². The molecule has 2 unspecified atom stereocenters. The quantitative estimate of drug-likeness (QED) is 0.0326. The molecule has 6 nitrogen and oxygen atoms in total. The third-order valence-electron chi connectivity index (χ3n) is 11.1. The first-order chi connectivity index (χ1) is 26.5. The number of carbonyl (C=O) groups excluding carboxylic acids is 2. The molecule has 2 atom stereocenters. The summed E-state index contributed by atoms with van der Waals surface area (Å²) in [5, 5.41) is 23.1. The van der Waals surface area contributed by atoms with E-state index >= 15 is 0 Å². The number of allylic oxidation sites excluding steroid dienone is 2. The molecule has 54 heavy (non-hydrogen) atoms. The Morgan fingerprint density at radius 1 is 0.500 bits per heavy atom. The zero-order valence-corrected chi connectivity index (χ0v) is 36.2. The molecule has 0 radical (unpaired) electrons. The van der Waals surface area contributed by atoms with Gasteiger partial charge in [-0.2, -0.15) is 0 Å². The van der Waals surface area contributed by atoms with Gasteiger partial charge in [-0.05, 0) is 44.9 Å². The summed E-state index contributed by atoms with van der Waals surface area (Å²) < 4.78 is 5.44. The van der Waals surface area contributed by atoms with Crippen molar-refractivity contribution in [1.82, 2.24) is 5.32 Å². The fourth-order valence-corrected chi connectivity index (χ4v) is 7.35. The molecule has 0 aromatic carbocycles. The third-order valence-corrected chi connectivity index (χ3v) is 11.1. The van der Waals surface area contributed by atoms with E-state index in [4.69, 9.17) is 4.74 Å². The number of nitrogens with one attached hydrogen (secondary N) is 1. The number of unbranched alkanes of at least 4 members (excludes halogenated alkanes) is 31. The minimum absolute atomic E-state index is 0.0325. The Morgan fingerprint density at radius 3 is 1.35 bits per heavy atom. The Kier molecular flexibility index (Phi) is 43.2. The monoisotopic (exact) mass is 764 g/mol. The zero-order valence-electron chi connectivity index (χ0n) is 36.2. The molecular weight excluding hydrogens is 671 g/mol. The fourth-order valence-electron chi connectivity index (χ4n) is 7.35. The Hall–Kier alpha value is -1.40. The number of amides is 1. The van der Waals surface area contributed by atoms with Crippen molar-refractivity contribution in [2.45, 2.75) is 270 Å². The van der Waals surface area contributed by atoms with E-state index in [2.05, 4.69) is 31.3 Å². The lowest BCUT2D eigenvalue weighted by atomic mass is 10.0. The number of aliphatic hydroxyl groups is 2. The second kappa shape index (κ2) is 44.3. The molecule has 6 heteroatoms. The van der Waals surface area contributed by atoms with Gasteiger partial charge >= 0.3 is 5.97 Å². The average molecular weight is 764 g/mol. The lowest BCUT2D eigenvalue weighted by Crippen LogP contribution is -2.45. The van der Waals surface area contributed by atoms with Crippen LogP contribution < -0.4 is 5.32 Å². The molecule has 0 spiro atoms. The summed E-state index contributed by atoms with van der Waals surface area (Å²) in [7, 11) is 0. The summed E-state index contributed by atoms with van der Waals surface area (Å²) in [6, 6.07) is -0.576. The van der Waals surface area contributed by atoms with Crippen LogP contribution in [0.25, 0.3) is 0 Å². The van der Waals surface area contributed by atoms with Crippen LogP contribution in [-0.2, 0) is 14.3 Å². The molecule has 0 aromatic rings. The standard InChI is InChI=1S/C48H93NO5/c1-3-5-7-9-11-13-15-17-18-19-20-22-26-30-34-38-42-48(53)54-43-39-35-31-27-23-25-29-33-37-41-47(52)49-45(44-50)46(51)40-36-32-28-24-21-16-14-12-10-8-6-4-2/h25,29,45-46,50-51H,3-24,26-28,30-44H2,1-2H3,(H,49,52)/b29-25-. The molecular formula is C48H93NO5. The van der Waals surface area contributed by atoms with Crippen molar-refractivity contribution in [3.05, 3.63) is 12.2 Å². The van der Waals surface area contributed by atoms with Crippen LogP contribution in [0.15, 0.2) is 12.2 Å². The molecule has 0 aliphatic heterocycles. The van der Waals surface area contributed by atoms with Gasteiger partial charge in [0.1, 0.15) is 0 Å². The van der Waals surface area contributed by atoms with Crippen molar-refractivity contribution in [3.63, 3.8) is 0 Å². The molecule has 0 saturated carbocycles. The van der Waals surface area contributed by atoms with Crippen LogP contribution in [0.4, 0.5) is 0 Å². The van der Waals surface area contributed by atoms with Crippen LogP contribution >= 0.6 is 0 Å². The second-order valence-corrected chi connectivity index (χ2v) is 16.4. The van der Waals surface area contributed by atoms with Crippen molar-refractivity contribution >= 4 is 11.9 Å². The fraction of sp³-hybridized carbons (Fsp3) is 0.917. The second-order valence-electron chi connectivity index (χ2n) is 16.4. The highest BCUT2D eigenvalue weighted by Crippen LogP contribution is 2.16. The summed E-state index contributed by atoms with van der Waals surface area (Å²) >= 11 is 0. The number of hydrogen-bond donors (Lipinski definition) is 3. The van der Waals surface area contributed by atoms with Gasteiger partial charge in [-0.3, -0.25) is 9.59 Å². The Balaban J connectivity index is 3.51. The van der Waals surface area contributed by atoms with Gasteiger partial charge in [-0.25, -0.2) is 0 Å². The number of esters is 1. The van der Waals surface area contributed by atoms with E-state index in [0.29, 0.717) is 25.9 Å². The number of hydrogen-bond acceptors (Lipinski definition) is 5. The number of carbonyl (C=O) groups is 2. The largest absolute Gasteiger partial charge is 0.466 e. The van der Waals surface area contributed by atoms with Crippen LogP contribution in [0.3, 0.4) is 0 Å². The summed E-state index contributed by atoms with van der Waals surface area (Å²) in [6.07, 6.45) is 48.9. The lowest BCUT2D eigenvalue weighted by molar-refractivity contribution is -0.143. The zero-order chi connectivity index (χ0) is 39.4. The van der Waals surface area contributed by atoms with Crippen LogP contribution in [0.2, 0.25) is 0 Å². The van der Waals surface area contributed by atoms with Gasteiger partial charge in [-0.1, -0.05) is 212 Å². The molecule has 0 rings (SSSR count). The Bertz CT molecular complexity index is 802. The van der Waals surface area contributed by atoms with E-state index in [1.807, 2.05) is 0 Å². The molecule has 1 amide bonds. The molecule has 0 heterocycles. The molecule has 0 aliphatic carbocycles. The normalized spacial score (nSPS) is 12.7. The van der Waals surface area contributed by atoms with E-state index in [1.165, 1.54) is 154 Å². The predicted molar refractivity (Wildman–Crippen MR) is 232 cm³/mol. The van der Waals surface area contributed by atoms with Crippen LogP contribution in [0.1, 0.15) is 258 Å². The first-order valence-corrected chi connectivity index (χ1v) is 23.9. The molecule has 0 bridgehead atoms. The minimum Gasteiger partial charge on any atom is -0.466 e. The van der Waals surface area contributed by atoms with Gasteiger partial charge in [0, 0.05) is 12.8 Å². The summed E-state index contributed by atoms with van der Waals surface area (Å²) in [5.41, 5.74) is 0. The first kappa shape index (κ1) is 52.6. The molecule has 320 valence electrons. The third kappa shape index (κ3) is 40.3. The van der Waals surface area contributed by atoms with Gasteiger partial charge in [0.15, 0.2) is 0 Å². The summed E-state index contributed by atoms with van der Waals surface area (Å²) in [6.45, 7) is 4.86. The van der Waals surface area contributed by atoms with E-state index in [1.54, 1.807) is 0 Å². The van der Waals surface area contributed by atoms with Crippen molar-refractivity contribution < 1.29 is 24.5 Å². The topological polar surface area (TPSA) is 95.9 Å². The Labute approximate surface area is 336 Å². The van der Waals surface area contributed by atoms with E-state index < -0.39 is 12.1 Å². The van der Waals surface area contributed by atoms with Crippen molar-refractivity contribution in [2.24, 2.45) is 0 Å². The van der Waals surface area contributed by atoms with Crippen LogP contribution in [-0.4, -0.2) is 47.4 Å². The summed E-state index contributed by atoms with van der Waals surface area (Å²) in [5.74, 6) is -0.128. The highest BCUT2D eigenvalue weighted by molar-refractivity contribution is 5.76. The maximum atomic E-state index is 12.4. The molecule has 3 N–H and O–H groups in total. The Morgan fingerprint density at radius 2 is 0.889 bits per heavy atom. The van der Waals surface area contributed by atoms with E-state index in [-0.39, 0.29) is 18.5 Å². The maximum absolute atomic E-state index is 12.4. The van der Waals surface area contributed by atoms with Crippen molar-refractivity contribution in [1.29, 1.82) is 0 Å². The highest BCUT2D eigenvalue weighted by Gasteiger charge is 2.20. The number of rotatable bonds is 44. The predicted octanol–water partition coefficient (Wildman–Crippen LogP) is 13.8. The minimum atomic E-state index is -0.692. The molecule has 0 fully saturated rings.